The number of carbonyl (C=O) groups is 1. The van der Waals surface area contributed by atoms with Gasteiger partial charge in [0.25, 0.3) is 0 Å². The summed E-state index contributed by atoms with van der Waals surface area (Å²) in [4.78, 5) is 13.0. The summed E-state index contributed by atoms with van der Waals surface area (Å²) < 4.78 is 10.4. The van der Waals surface area contributed by atoms with Crippen molar-refractivity contribution in [1.29, 1.82) is 0 Å². The smallest absolute Gasteiger partial charge is 0.248 e. The molecule has 1 aromatic carbocycles. The summed E-state index contributed by atoms with van der Waals surface area (Å²) in [6.07, 6.45) is 0.853. The molecule has 0 unspecified atom stereocenters. The van der Waals surface area contributed by atoms with Crippen molar-refractivity contribution in [2.45, 2.75) is 18.2 Å². The van der Waals surface area contributed by atoms with E-state index in [-0.39, 0.29) is 5.91 Å². The van der Waals surface area contributed by atoms with Crippen molar-refractivity contribution in [3.63, 3.8) is 0 Å². The van der Waals surface area contributed by atoms with Crippen LogP contribution in [0.4, 0.5) is 0 Å². The van der Waals surface area contributed by atoms with E-state index < -0.39 is 0 Å². The highest BCUT2D eigenvalue weighted by Crippen LogP contribution is 2.21. The molecule has 1 rings (SSSR count). The van der Waals surface area contributed by atoms with Gasteiger partial charge in [-0.1, -0.05) is 0 Å². The number of ether oxygens (including phenoxy) is 2. The lowest BCUT2D eigenvalue weighted by molar-refractivity contribution is -0.121. The first-order valence-corrected chi connectivity index (χ1v) is 9.11. The number of amides is 1. The number of benzene rings is 1. The fourth-order valence-electron chi connectivity index (χ4n) is 1.75. The van der Waals surface area contributed by atoms with Gasteiger partial charge >= 0.3 is 0 Å². The Hall–Kier alpha value is -1.51. The average molecular weight is 372 g/mol. The van der Waals surface area contributed by atoms with Crippen LogP contribution in [0.2, 0.25) is 0 Å². The molecule has 0 heterocycles. The second-order valence-corrected chi connectivity index (χ2v) is 6.30. The summed E-state index contributed by atoms with van der Waals surface area (Å²) in [6.45, 7) is 3.96. The Kier molecular flexibility index (Phi) is 10.2. The number of nitrogens with zero attached hydrogens (tertiary/aromatic N) is 1. The van der Waals surface area contributed by atoms with E-state index in [0.29, 0.717) is 30.6 Å². The number of thioether (sulfide) groups is 1. The monoisotopic (exact) mass is 371 g/mol. The lowest BCUT2D eigenvalue weighted by atomic mass is 10.3. The number of hydrogen-bond acceptors (Lipinski definition) is 5. The zero-order chi connectivity index (χ0) is 17.8. The van der Waals surface area contributed by atoms with Crippen LogP contribution in [-0.2, 0) is 9.53 Å². The van der Waals surface area contributed by atoms with Gasteiger partial charge in [0, 0.05) is 32.2 Å². The maximum atomic E-state index is 12.0. The standard InChI is InChI=1S/C16H25N3O3S2/c1-4-22-13-6-8-14(9-7-13)24-12-15(20)18-19(2)16(23)17-10-5-11-21-3/h6-9H,4-5,10-12H2,1-3H3,(H,17,23)(H,18,20). The van der Waals surface area contributed by atoms with Gasteiger partial charge < -0.3 is 14.8 Å². The van der Waals surface area contributed by atoms with Gasteiger partial charge in [-0.25, -0.2) is 0 Å². The molecule has 0 aliphatic carbocycles. The Balaban J connectivity index is 2.28. The number of thiocarbonyl (C=S) groups is 1. The maximum absolute atomic E-state index is 12.0. The molecular formula is C16H25N3O3S2. The van der Waals surface area contributed by atoms with Crippen LogP contribution in [0, 0.1) is 0 Å². The molecule has 0 saturated heterocycles. The van der Waals surface area contributed by atoms with E-state index in [1.807, 2.05) is 31.2 Å². The topological polar surface area (TPSA) is 62.8 Å². The van der Waals surface area contributed by atoms with E-state index in [2.05, 4.69) is 10.7 Å². The first kappa shape index (κ1) is 20.5. The van der Waals surface area contributed by atoms with Crippen molar-refractivity contribution in [1.82, 2.24) is 15.8 Å². The first-order valence-electron chi connectivity index (χ1n) is 7.72. The van der Waals surface area contributed by atoms with Crippen molar-refractivity contribution < 1.29 is 14.3 Å². The van der Waals surface area contributed by atoms with Gasteiger partial charge in [0.1, 0.15) is 5.75 Å². The minimum Gasteiger partial charge on any atom is -0.494 e. The van der Waals surface area contributed by atoms with Crippen LogP contribution in [0.3, 0.4) is 0 Å². The van der Waals surface area contributed by atoms with E-state index in [0.717, 1.165) is 17.1 Å². The molecule has 0 saturated carbocycles. The van der Waals surface area contributed by atoms with Crippen LogP contribution in [0.15, 0.2) is 29.2 Å². The summed E-state index contributed by atoms with van der Waals surface area (Å²) in [6, 6.07) is 7.67. The molecule has 0 atom stereocenters. The molecule has 0 aliphatic heterocycles. The Labute approximate surface area is 153 Å². The number of rotatable bonds is 9. The zero-order valence-corrected chi connectivity index (χ0v) is 16.0. The molecule has 0 aliphatic rings. The fraction of sp³-hybridized carbons (Fsp3) is 0.500. The van der Waals surface area contributed by atoms with Crippen LogP contribution in [0.5, 0.6) is 5.75 Å². The summed E-state index contributed by atoms with van der Waals surface area (Å²) in [5.41, 5.74) is 2.74. The van der Waals surface area contributed by atoms with E-state index in [1.54, 1.807) is 14.2 Å². The Bertz CT molecular complexity index is 512. The fourth-order valence-corrected chi connectivity index (χ4v) is 2.59. The molecule has 8 heteroatoms. The lowest BCUT2D eigenvalue weighted by Gasteiger charge is -2.21. The van der Waals surface area contributed by atoms with E-state index in [4.69, 9.17) is 21.7 Å². The van der Waals surface area contributed by atoms with Crippen LogP contribution in [-0.4, -0.2) is 55.7 Å². The third-order valence-corrected chi connectivity index (χ3v) is 4.33. The zero-order valence-electron chi connectivity index (χ0n) is 14.3. The second-order valence-electron chi connectivity index (χ2n) is 4.87. The summed E-state index contributed by atoms with van der Waals surface area (Å²) in [5.74, 6) is 1.03. The molecule has 0 spiro atoms. The van der Waals surface area contributed by atoms with E-state index >= 15 is 0 Å². The second kappa shape index (κ2) is 11.9. The number of methoxy groups -OCH3 is 1. The summed E-state index contributed by atoms with van der Waals surface area (Å²) in [7, 11) is 3.37. The van der Waals surface area contributed by atoms with Crippen molar-refractivity contribution >= 4 is 35.0 Å². The molecule has 24 heavy (non-hydrogen) atoms. The molecule has 6 nitrogen and oxygen atoms in total. The van der Waals surface area contributed by atoms with Gasteiger partial charge in [-0.3, -0.25) is 15.2 Å². The van der Waals surface area contributed by atoms with Gasteiger partial charge in [-0.05, 0) is 49.8 Å². The number of hydrazine groups is 1. The van der Waals surface area contributed by atoms with Crippen molar-refractivity contribution in [2.75, 3.05) is 39.7 Å². The normalized spacial score (nSPS) is 10.1. The molecule has 0 fully saturated rings. The number of nitrogens with one attached hydrogen (secondary N) is 2. The number of hydrogen-bond donors (Lipinski definition) is 2. The molecule has 134 valence electrons. The Morgan fingerprint density at radius 3 is 2.67 bits per heavy atom. The van der Waals surface area contributed by atoms with Gasteiger partial charge in [-0.2, -0.15) is 0 Å². The van der Waals surface area contributed by atoms with Gasteiger partial charge in [-0.15, -0.1) is 11.8 Å². The number of carbonyl (C=O) groups excluding carboxylic acids is 1. The highest BCUT2D eigenvalue weighted by atomic mass is 32.2. The quantitative estimate of drug-likeness (QED) is 0.298. The van der Waals surface area contributed by atoms with Crippen molar-refractivity contribution in [2.24, 2.45) is 0 Å². The Morgan fingerprint density at radius 1 is 1.33 bits per heavy atom. The first-order chi connectivity index (χ1) is 11.6. The van der Waals surface area contributed by atoms with Gasteiger partial charge in [0.2, 0.25) is 5.91 Å². The van der Waals surface area contributed by atoms with E-state index in [1.165, 1.54) is 16.8 Å². The van der Waals surface area contributed by atoms with E-state index in [9.17, 15) is 4.79 Å². The molecule has 2 N–H and O–H groups in total. The molecule has 0 aromatic heterocycles. The van der Waals surface area contributed by atoms with Crippen molar-refractivity contribution in [3.05, 3.63) is 24.3 Å². The van der Waals surface area contributed by atoms with Crippen molar-refractivity contribution in [3.8, 4) is 5.75 Å². The Morgan fingerprint density at radius 2 is 2.04 bits per heavy atom. The lowest BCUT2D eigenvalue weighted by Crippen LogP contribution is -2.48. The minimum atomic E-state index is -0.113. The van der Waals surface area contributed by atoms with Crippen LogP contribution >= 0.6 is 24.0 Å². The largest absolute Gasteiger partial charge is 0.494 e. The molecule has 0 radical (unpaired) electrons. The predicted molar refractivity (Wildman–Crippen MR) is 101 cm³/mol. The highest BCUT2D eigenvalue weighted by molar-refractivity contribution is 8.00. The van der Waals surface area contributed by atoms with Crippen LogP contribution < -0.4 is 15.5 Å². The highest BCUT2D eigenvalue weighted by Gasteiger charge is 2.08. The van der Waals surface area contributed by atoms with Crippen LogP contribution in [0.25, 0.3) is 0 Å². The molecule has 0 bridgehead atoms. The summed E-state index contributed by atoms with van der Waals surface area (Å²) in [5, 5.41) is 5.05. The van der Waals surface area contributed by atoms with Crippen LogP contribution in [0.1, 0.15) is 13.3 Å². The summed E-state index contributed by atoms with van der Waals surface area (Å²) >= 11 is 6.66. The van der Waals surface area contributed by atoms with Gasteiger partial charge in [0.05, 0.1) is 12.4 Å². The SMILES string of the molecule is CCOc1ccc(SCC(=O)NN(C)C(=S)NCCCOC)cc1. The molecular weight excluding hydrogens is 346 g/mol. The minimum absolute atomic E-state index is 0.113. The average Bonchev–Trinajstić information content (AvgIpc) is 2.58. The third-order valence-electron chi connectivity index (χ3n) is 2.90. The molecule has 1 aromatic rings. The maximum Gasteiger partial charge on any atom is 0.248 e. The predicted octanol–water partition coefficient (Wildman–Crippen LogP) is 2.05. The third kappa shape index (κ3) is 8.37. The molecule has 1 amide bonds. The van der Waals surface area contributed by atoms with Gasteiger partial charge in [0.15, 0.2) is 5.11 Å².